The van der Waals surface area contributed by atoms with E-state index in [0.717, 1.165) is 6.42 Å². The van der Waals surface area contributed by atoms with E-state index in [4.69, 9.17) is 4.74 Å². The maximum atomic E-state index is 11.4. The predicted octanol–water partition coefficient (Wildman–Crippen LogP) is 1.03. The average molecular weight is 182 g/mol. The zero-order valence-electron chi connectivity index (χ0n) is 7.99. The Balaban J connectivity index is 2.40. The van der Waals surface area contributed by atoms with Crippen LogP contribution >= 0.6 is 0 Å². The number of methoxy groups -OCH3 is 1. The van der Waals surface area contributed by atoms with Crippen molar-refractivity contribution in [1.29, 1.82) is 0 Å². The first kappa shape index (κ1) is 9.92. The highest BCUT2D eigenvalue weighted by molar-refractivity contribution is 5.95. The van der Waals surface area contributed by atoms with Crippen LogP contribution in [0.4, 0.5) is 0 Å². The Hall–Kier alpha value is -1.16. The Kier molecular flexibility index (Phi) is 3.64. The summed E-state index contributed by atoms with van der Waals surface area (Å²) in [5, 5.41) is 3.93. The van der Waals surface area contributed by atoms with E-state index in [1.807, 2.05) is 0 Å². The van der Waals surface area contributed by atoms with E-state index in [1.165, 1.54) is 0 Å². The van der Waals surface area contributed by atoms with Crippen molar-refractivity contribution in [1.82, 2.24) is 9.78 Å². The van der Waals surface area contributed by atoms with E-state index < -0.39 is 0 Å². The van der Waals surface area contributed by atoms with E-state index >= 15 is 0 Å². The fraction of sp³-hybridized carbons (Fsp3) is 0.556. The Morgan fingerprint density at radius 1 is 1.69 bits per heavy atom. The molecule has 0 spiro atoms. The Morgan fingerprint density at radius 3 is 3.00 bits per heavy atom. The average Bonchev–Trinajstić information content (AvgIpc) is 2.52. The molecule has 0 aromatic carbocycles. The number of aryl methyl sites for hydroxylation is 1. The van der Waals surface area contributed by atoms with Crippen LogP contribution in [0.5, 0.6) is 0 Å². The first-order valence-electron chi connectivity index (χ1n) is 4.25. The molecule has 0 saturated heterocycles. The van der Waals surface area contributed by atoms with Gasteiger partial charge in [0, 0.05) is 33.4 Å². The lowest BCUT2D eigenvalue weighted by Gasteiger charge is -1.96. The highest BCUT2D eigenvalue weighted by atomic mass is 16.5. The maximum Gasteiger partial charge on any atom is 0.166 e. The van der Waals surface area contributed by atoms with Crippen molar-refractivity contribution in [3.8, 4) is 0 Å². The largest absolute Gasteiger partial charge is 0.385 e. The van der Waals surface area contributed by atoms with Crippen molar-refractivity contribution in [2.75, 3.05) is 13.7 Å². The summed E-state index contributed by atoms with van der Waals surface area (Å²) in [6, 6.07) is 0. The normalized spacial score (nSPS) is 10.3. The van der Waals surface area contributed by atoms with Crippen molar-refractivity contribution >= 4 is 5.78 Å². The summed E-state index contributed by atoms with van der Waals surface area (Å²) in [7, 11) is 3.43. The van der Waals surface area contributed by atoms with E-state index in [9.17, 15) is 4.79 Å². The van der Waals surface area contributed by atoms with Crippen molar-refractivity contribution in [3.05, 3.63) is 18.0 Å². The Morgan fingerprint density at radius 2 is 2.46 bits per heavy atom. The first-order valence-corrected chi connectivity index (χ1v) is 4.25. The second kappa shape index (κ2) is 4.77. The van der Waals surface area contributed by atoms with Gasteiger partial charge in [-0.2, -0.15) is 5.10 Å². The molecule has 72 valence electrons. The summed E-state index contributed by atoms with van der Waals surface area (Å²) < 4.78 is 6.49. The van der Waals surface area contributed by atoms with Crippen LogP contribution in [0.15, 0.2) is 12.4 Å². The standard InChI is InChI=1S/C9H14N2O2/c1-11-7-8(6-10-11)9(12)4-3-5-13-2/h6-7H,3-5H2,1-2H3. The van der Waals surface area contributed by atoms with Crippen LogP contribution in [0.3, 0.4) is 0 Å². The molecule has 4 nitrogen and oxygen atoms in total. The van der Waals surface area contributed by atoms with Crippen LogP contribution in [0.2, 0.25) is 0 Å². The number of carbonyl (C=O) groups excluding carboxylic acids is 1. The lowest BCUT2D eigenvalue weighted by Crippen LogP contribution is -2.00. The number of carbonyl (C=O) groups is 1. The number of rotatable bonds is 5. The van der Waals surface area contributed by atoms with Gasteiger partial charge in [0.15, 0.2) is 5.78 Å². The first-order chi connectivity index (χ1) is 6.24. The summed E-state index contributed by atoms with van der Waals surface area (Å²) >= 11 is 0. The zero-order valence-corrected chi connectivity index (χ0v) is 7.99. The molecule has 0 fully saturated rings. The van der Waals surface area contributed by atoms with Crippen molar-refractivity contribution in [2.24, 2.45) is 7.05 Å². The predicted molar refractivity (Wildman–Crippen MR) is 48.6 cm³/mol. The van der Waals surface area contributed by atoms with Gasteiger partial charge >= 0.3 is 0 Å². The fourth-order valence-corrected chi connectivity index (χ4v) is 1.09. The molecule has 0 aliphatic heterocycles. The van der Waals surface area contributed by atoms with Crippen LogP contribution in [-0.4, -0.2) is 29.3 Å². The quantitative estimate of drug-likeness (QED) is 0.504. The number of Topliss-reactive ketones (excluding diaryl/α,β-unsaturated/α-hetero) is 1. The number of aromatic nitrogens is 2. The molecule has 13 heavy (non-hydrogen) atoms. The molecule has 0 unspecified atom stereocenters. The van der Waals surface area contributed by atoms with E-state index in [2.05, 4.69) is 5.10 Å². The third-order valence-electron chi connectivity index (χ3n) is 1.78. The van der Waals surface area contributed by atoms with E-state index in [0.29, 0.717) is 18.6 Å². The van der Waals surface area contributed by atoms with E-state index in [1.54, 1.807) is 31.2 Å². The second-order valence-electron chi connectivity index (χ2n) is 2.92. The lowest BCUT2D eigenvalue weighted by atomic mass is 10.1. The highest BCUT2D eigenvalue weighted by Crippen LogP contribution is 2.03. The summed E-state index contributed by atoms with van der Waals surface area (Å²) in [6.45, 7) is 0.631. The summed E-state index contributed by atoms with van der Waals surface area (Å²) in [4.78, 5) is 11.4. The van der Waals surface area contributed by atoms with Crippen molar-refractivity contribution < 1.29 is 9.53 Å². The molecular weight excluding hydrogens is 168 g/mol. The number of ether oxygens (including phenoxy) is 1. The van der Waals surface area contributed by atoms with Gasteiger partial charge in [-0.3, -0.25) is 9.48 Å². The van der Waals surface area contributed by atoms with Gasteiger partial charge in [-0.05, 0) is 6.42 Å². The van der Waals surface area contributed by atoms with Gasteiger partial charge in [0.05, 0.1) is 11.8 Å². The van der Waals surface area contributed by atoms with Crippen LogP contribution in [0, 0.1) is 0 Å². The molecule has 0 radical (unpaired) electrons. The molecule has 1 rings (SSSR count). The van der Waals surface area contributed by atoms with Crippen LogP contribution in [0.25, 0.3) is 0 Å². The van der Waals surface area contributed by atoms with Gasteiger partial charge in [0.25, 0.3) is 0 Å². The molecule has 4 heteroatoms. The lowest BCUT2D eigenvalue weighted by molar-refractivity contribution is 0.0963. The molecule has 1 aromatic heterocycles. The van der Waals surface area contributed by atoms with Crippen molar-refractivity contribution in [3.63, 3.8) is 0 Å². The molecule has 1 heterocycles. The summed E-state index contributed by atoms with van der Waals surface area (Å²) in [6.07, 6.45) is 4.62. The van der Waals surface area contributed by atoms with Gasteiger partial charge in [-0.15, -0.1) is 0 Å². The molecule has 0 amide bonds. The number of hydrogen-bond acceptors (Lipinski definition) is 3. The van der Waals surface area contributed by atoms with Gasteiger partial charge in [0.2, 0.25) is 0 Å². The topological polar surface area (TPSA) is 44.1 Å². The molecule has 0 bridgehead atoms. The van der Waals surface area contributed by atoms with Gasteiger partial charge in [0.1, 0.15) is 0 Å². The monoisotopic (exact) mass is 182 g/mol. The molecule has 0 aliphatic rings. The smallest absolute Gasteiger partial charge is 0.166 e. The minimum Gasteiger partial charge on any atom is -0.385 e. The molecule has 0 saturated carbocycles. The minimum atomic E-state index is 0.130. The Bertz CT molecular complexity index is 281. The zero-order chi connectivity index (χ0) is 9.68. The number of nitrogens with zero attached hydrogens (tertiary/aromatic N) is 2. The van der Waals surface area contributed by atoms with Gasteiger partial charge < -0.3 is 4.74 Å². The van der Waals surface area contributed by atoms with Crippen LogP contribution in [-0.2, 0) is 11.8 Å². The maximum absolute atomic E-state index is 11.4. The molecule has 0 atom stereocenters. The third-order valence-corrected chi connectivity index (χ3v) is 1.78. The SMILES string of the molecule is COCCCC(=O)c1cnn(C)c1. The Labute approximate surface area is 77.5 Å². The van der Waals surface area contributed by atoms with E-state index in [-0.39, 0.29) is 5.78 Å². The number of ketones is 1. The van der Waals surface area contributed by atoms with Crippen LogP contribution < -0.4 is 0 Å². The summed E-state index contributed by atoms with van der Waals surface area (Å²) in [5.41, 5.74) is 0.679. The second-order valence-corrected chi connectivity index (χ2v) is 2.92. The molecular formula is C9H14N2O2. The summed E-state index contributed by atoms with van der Waals surface area (Å²) in [5.74, 6) is 0.130. The third kappa shape index (κ3) is 2.99. The molecule has 0 aliphatic carbocycles. The van der Waals surface area contributed by atoms with Gasteiger partial charge in [-0.25, -0.2) is 0 Å². The minimum absolute atomic E-state index is 0.130. The highest BCUT2D eigenvalue weighted by Gasteiger charge is 2.06. The molecule has 0 N–H and O–H groups in total. The number of hydrogen-bond donors (Lipinski definition) is 0. The van der Waals surface area contributed by atoms with Gasteiger partial charge in [-0.1, -0.05) is 0 Å². The molecule has 1 aromatic rings. The fourth-order valence-electron chi connectivity index (χ4n) is 1.09. The van der Waals surface area contributed by atoms with Crippen molar-refractivity contribution in [2.45, 2.75) is 12.8 Å². The van der Waals surface area contributed by atoms with Crippen LogP contribution in [0.1, 0.15) is 23.2 Å².